The number of carbonyl (C=O) groups excluding carboxylic acids is 1. The van der Waals surface area contributed by atoms with Gasteiger partial charge in [-0.3, -0.25) is 4.79 Å². The van der Waals surface area contributed by atoms with E-state index >= 15 is 0 Å². The molecule has 5 nitrogen and oxygen atoms in total. The first-order chi connectivity index (χ1) is 12.1. The molecular formula is C20H29N3O2. The lowest BCUT2D eigenvalue weighted by Gasteiger charge is -2.08. The van der Waals surface area contributed by atoms with Crippen LogP contribution in [0.2, 0.25) is 0 Å². The van der Waals surface area contributed by atoms with Gasteiger partial charge in [0.15, 0.2) is 0 Å². The van der Waals surface area contributed by atoms with Crippen LogP contribution in [0.4, 0.5) is 5.69 Å². The Balaban J connectivity index is 2.39. The molecule has 0 aliphatic rings. The van der Waals surface area contributed by atoms with E-state index < -0.39 is 0 Å². The molecule has 0 fully saturated rings. The minimum absolute atomic E-state index is 0.0554. The lowest BCUT2D eigenvalue weighted by molar-refractivity contribution is -0.117. The van der Waals surface area contributed by atoms with E-state index in [1.165, 1.54) is 11.8 Å². The summed E-state index contributed by atoms with van der Waals surface area (Å²) in [5.74, 6) is 0.0957. The third-order valence-electron chi connectivity index (χ3n) is 3.72. The highest BCUT2D eigenvalue weighted by atomic mass is 16.5. The second kappa shape index (κ2) is 12.1. The third-order valence-corrected chi connectivity index (χ3v) is 3.72. The van der Waals surface area contributed by atoms with Gasteiger partial charge in [0, 0.05) is 31.6 Å². The number of anilines is 1. The summed E-state index contributed by atoms with van der Waals surface area (Å²) in [5, 5.41) is 14.9. The van der Waals surface area contributed by atoms with Crippen molar-refractivity contribution in [3.8, 4) is 6.07 Å². The Morgan fingerprint density at radius 3 is 2.52 bits per heavy atom. The predicted octanol–water partition coefficient (Wildman–Crippen LogP) is 3.95. The molecule has 0 aliphatic heterocycles. The molecule has 1 amide bonds. The maximum atomic E-state index is 12.0. The molecule has 0 atom stereocenters. The van der Waals surface area contributed by atoms with Crippen LogP contribution in [0.25, 0.3) is 0 Å². The van der Waals surface area contributed by atoms with Crippen LogP contribution >= 0.6 is 0 Å². The highest BCUT2D eigenvalue weighted by Crippen LogP contribution is 2.17. The Kier molecular flexibility index (Phi) is 10.0. The number of nitrogens with one attached hydrogen (secondary N) is 2. The van der Waals surface area contributed by atoms with Gasteiger partial charge in [0.2, 0.25) is 0 Å². The van der Waals surface area contributed by atoms with Crippen molar-refractivity contribution < 1.29 is 9.53 Å². The Bertz CT molecular complexity index is 586. The SMILES string of the molecule is CCCCOCCCNC(=O)/C(C#N)=C\Nc1ccc(C(C)C)cc1. The highest BCUT2D eigenvalue weighted by molar-refractivity contribution is 5.97. The summed E-state index contributed by atoms with van der Waals surface area (Å²) in [6.45, 7) is 8.25. The monoisotopic (exact) mass is 343 g/mol. The zero-order valence-corrected chi connectivity index (χ0v) is 15.5. The Morgan fingerprint density at radius 1 is 1.24 bits per heavy atom. The average molecular weight is 343 g/mol. The molecule has 0 unspecified atom stereocenters. The molecule has 0 saturated heterocycles. The van der Waals surface area contributed by atoms with Crippen LogP contribution in [0.5, 0.6) is 0 Å². The van der Waals surface area contributed by atoms with E-state index in [1.54, 1.807) is 0 Å². The molecule has 25 heavy (non-hydrogen) atoms. The number of ether oxygens (including phenoxy) is 1. The fourth-order valence-corrected chi connectivity index (χ4v) is 2.09. The molecule has 0 bridgehead atoms. The number of benzene rings is 1. The van der Waals surface area contributed by atoms with Gasteiger partial charge in [-0.15, -0.1) is 0 Å². The van der Waals surface area contributed by atoms with Crippen molar-refractivity contribution in [1.29, 1.82) is 5.26 Å². The lowest BCUT2D eigenvalue weighted by Crippen LogP contribution is -2.26. The second-order valence-electron chi connectivity index (χ2n) is 6.17. The molecule has 5 heteroatoms. The number of rotatable bonds is 11. The summed E-state index contributed by atoms with van der Waals surface area (Å²) in [6, 6.07) is 9.87. The van der Waals surface area contributed by atoms with Gasteiger partial charge in [-0.1, -0.05) is 39.3 Å². The van der Waals surface area contributed by atoms with Crippen LogP contribution in [-0.4, -0.2) is 25.7 Å². The van der Waals surface area contributed by atoms with Crippen LogP contribution in [0.3, 0.4) is 0 Å². The van der Waals surface area contributed by atoms with Crippen molar-refractivity contribution in [1.82, 2.24) is 5.32 Å². The fourth-order valence-electron chi connectivity index (χ4n) is 2.09. The number of hydrogen-bond acceptors (Lipinski definition) is 4. The fraction of sp³-hybridized carbons (Fsp3) is 0.500. The van der Waals surface area contributed by atoms with E-state index in [4.69, 9.17) is 10.00 Å². The molecule has 0 radical (unpaired) electrons. The van der Waals surface area contributed by atoms with Gasteiger partial charge in [0.25, 0.3) is 5.91 Å². The third kappa shape index (κ3) is 8.37. The van der Waals surface area contributed by atoms with Crippen molar-refractivity contribution in [2.24, 2.45) is 0 Å². The maximum absolute atomic E-state index is 12.0. The van der Waals surface area contributed by atoms with Crippen molar-refractivity contribution in [3.63, 3.8) is 0 Å². The smallest absolute Gasteiger partial charge is 0.263 e. The molecule has 136 valence electrons. The van der Waals surface area contributed by atoms with E-state index in [0.29, 0.717) is 19.1 Å². The molecule has 0 aliphatic carbocycles. The van der Waals surface area contributed by atoms with Crippen LogP contribution < -0.4 is 10.6 Å². The number of nitriles is 1. The van der Waals surface area contributed by atoms with E-state index in [2.05, 4.69) is 31.4 Å². The molecule has 1 rings (SSSR count). The number of hydrogen-bond donors (Lipinski definition) is 2. The molecule has 0 spiro atoms. The summed E-state index contributed by atoms with van der Waals surface area (Å²) >= 11 is 0. The first-order valence-electron chi connectivity index (χ1n) is 8.91. The van der Waals surface area contributed by atoms with Crippen LogP contribution in [0.15, 0.2) is 36.0 Å². The largest absolute Gasteiger partial charge is 0.381 e. The van der Waals surface area contributed by atoms with Crippen LogP contribution in [0, 0.1) is 11.3 Å². The predicted molar refractivity (Wildman–Crippen MR) is 101 cm³/mol. The normalized spacial score (nSPS) is 11.2. The zero-order chi connectivity index (χ0) is 18.5. The van der Waals surface area contributed by atoms with Gasteiger partial charge in [0.05, 0.1) is 0 Å². The topological polar surface area (TPSA) is 74.1 Å². The maximum Gasteiger partial charge on any atom is 0.263 e. The summed E-state index contributed by atoms with van der Waals surface area (Å²) in [5.41, 5.74) is 2.14. The zero-order valence-electron chi connectivity index (χ0n) is 15.5. The van der Waals surface area contributed by atoms with Gasteiger partial charge in [-0.25, -0.2) is 0 Å². The summed E-state index contributed by atoms with van der Waals surface area (Å²) in [4.78, 5) is 12.0. The Hall–Kier alpha value is -2.32. The Morgan fingerprint density at radius 2 is 1.92 bits per heavy atom. The van der Waals surface area contributed by atoms with Crippen molar-refractivity contribution in [3.05, 3.63) is 41.6 Å². The van der Waals surface area contributed by atoms with E-state index in [0.717, 1.165) is 31.6 Å². The number of carbonyl (C=O) groups is 1. The first kappa shape index (κ1) is 20.7. The number of unbranched alkanes of at least 4 members (excludes halogenated alkanes) is 1. The van der Waals surface area contributed by atoms with Gasteiger partial charge in [-0.2, -0.15) is 5.26 Å². The molecule has 2 N–H and O–H groups in total. The van der Waals surface area contributed by atoms with E-state index in [1.807, 2.05) is 30.3 Å². The number of amides is 1. The van der Waals surface area contributed by atoms with Gasteiger partial charge < -0.3 is 15.4 Å². The average Bonchev–Trinajstić information content (AvgIpc) is 2.61. The van der Waals surface area contributed by atoms with Gasteiger partial charge >= 0.3 is 0 Å². The van der Waals surface area contributed by atoms with E-state index in [-0.39, 0.29) is 11.5 Å². The number of nitrogens with zero attached hydrogens (tertiary/aromatic N) is 1. The summed E-state index contributed by atoms with van der Waals surface area (Å²) in [7, 11) is 0. The van der Waals surface area contributed by atoms with Gasteiger partial charge in [0.1, 0.15) is 11.6 Å². The quantitative estimate of drug-likeness (QED) is 0.362. The van der Waals surface area contributed by atoms with Crippen molar-refractivity contribution in [2.45, 2.75) is 46.0 Å². The lowest BCUT2D eigenvalue weighted by atomic mass is 10.0. The van der Waals surface area contributed by atoms with Crippen molar-refractivity contribution >= 4 is 11.6 Å². The first-order valence-corrected chi connectivity index (χ1v) is 8.91. The molecule has 1 aromatic carbocycles. The molecule has 0 heterocycles. The highest BCUT2D eigenvalue weighted by Gasteiger charge is 2.08. The minimum atomic E-state index is -0.373. The Labute approximate surface area is 151 Å². The standard InChI is InChI=1S/C20H29N3O2/c1-4-5-12-25-13-6-11-22-20(24)18(14-21)15-23-19-9-7-17(8-10-19)16(2)3/h7-10,15-16,23H,4-6,11-13H2,1-3H3,(H,22,24)/b18-15-. The molecule has 1 aromatic rings. The summed E-state index contributed by atoms with van der Waals surface area (Å²) in [6.07, 6.45) is 4.34. The van der Waals surface area contributed by atoms with Crippen molar-refractivity contribution in [2.75, 3.05) is 25.1 Å². The second-order valence-corrected chi connectivity index (χ2v) is 6.17. The van der Waals surface area contributed by atoms with Crippen LogP contribution in [0.1, 0.15) is 51.5 Å². The molecular weight excluding hydrogens is 314 g/mol. The van der Waals surface area contributed by atoms with E-state index in [9.17, 15) is 4.79 Å². The minimum Gasteiger partial charge on any atom is -0.381 e. The molecule has 0 saturated carbocycles. The molecule has 0 aromatic heterocycles. The summed E-state index contributed by atoms with van der Waals surface area (Å²) < 4.78 is 5.43. The van der Waals surface area contributed by atoms with Crippen LogP contribution in [-0.2, 0) is 9.53 Å². The van der Waals surface area contributed by atoms with Gasteiger partial charge in [-0.05, 0) is 36.5 Å².